The Bertz CT molecular complexity index is 897. The topological polar surface area (TPSA) is 915 Å². The normalized spacial score (nSPS) is 6.76. The molecule has 0 radical (unpaired) electrons. The molecule has 42 nitrogen and oxygen atoms in total. The van der Waals surface area contributed by atoms with Crippen LogP contribution in [-0.2, 0) is 86.0 Å². The third-order valence-corrected chi connectivity index (χ3v) is 2.64. The first-order chi connectivity index (χ1) is 24.8. The second-order valence-corrected chi connectivity index (χ2v) is 7.42. The van der Waals surface area contributed by atoms with Gasteiger partial charge in [-0.05, 0) is 0 Å². The van der Waals surface area contributed by atoms with E-state index < -0.39 is 151 Å². The van der Waals surface area contributed by atoms with Crippen LogP contribution in [0.5, 0.6) is 0 Å². The van der Waals surface area contributed by atoms with Gasteiger partial charge in [-0.1, -0.05) is 0 Å². The molecule has 71 heavy (non-hydrogen) atoms. The summed E-state index contributed by atoms with van der Waals surface area (Å²) in [6.45, 7) is -8.57. The van der Waals surface area contributed by atoms with Crippen LogP contribution in [0.2, 0.25) is 0 Å². The van der Waals surface area contributed by atoms with Crippen LogP contribution in [0, 0.1) is 77.2 Å². The van der Waals surface area contributed by atoms with Gasteiger partial charge in [0.1, 0.15) is 0 Å². The zero-order valence-corrected chi connectivity index (χ0v) is 46.4. The van der Waals surface area contributed by atoms with Crippen LogP contribution in [-0.4, -0.2) is 330 Å². The summed E-state index contributed by atoms with van der Waals surface area (Å²) in [6, 6.07) is 0. The monoisotopic (exact) mass is 1450 g/mol. The average Bonchev–Trinajstić information content (AvgIpc) is 2.96. The fraction of sp³-hybridized carbons (Fsp3) is 0.500. The Kier molecular flexibility index (Phi) is 242. The SMILES string of the molecule is O.O.O.O.O.O.O.O.O.O.O.O.O=C([O-])COCC(=O)[O-].O=C([O-])COCC(=O)[O-].O=C([O-])COCC(=O)[O-].O=C([O-])COCC(=O)[O-].O=C([O-])COCC(=O)[O-].O=C([O-])COCC(=O)[O-].[Ca+2].[Ca+2].[Ca+2].[Tb+3].[Tb+3]. The number of hydrogen-bond acceptors (Lipinski definition) is 30. The van der Waals surface area contributed by atoms with E-state index in [1.165, 1.54) is 0 Å². The Morgan fingerprint density at radius 2 is 0.225 bits per heavy atom. The number of carboxylic acid groups (broad SMARTS) is 12. The van der Waals surface area contributed by atoms with E-state index in [0.717, 1.165) is 0 Å². The van der Waals surface area contributed by atoms with Gasteiger partial charge >= 0.3 is 190 Å². The number of carboxylic acids is 12. The van der Waals surface area contributed by atoms with Crippen LogP contribution < -0.4 is 61.3 Å². The molecule has 0 saturated carbocycles. The molecule has 0 fully saturated rings. The minimum absolute atomic E-state index is 0. The minimum atomic E-state index is -1.45. The van der Waals surface area contributed by atoms with E-state index >= 15 is 0 Å². The van der Waals surface area contributed by atoms with E-state index in [4.69, 9.17) is 0 Å². The molecule has 0 heterocycles. The van der Waals surface area contributed by atoms with Crippen LogP contribution in [0.4, 0.5) is 0 Å². The number of aliphatic carboxylic acids is 12. The van der Waals surface area contributed by atoms with Crippen LogP contribution in [0.25, 0.3) is 0 Å². The molecule has 0 aromatic heterocycles. The Morgan fingerprint density at radius 1 is 0.183 bits per heavy atom. The second kappa shape index (κ2) is 114. The first kappa shape index (κ1) is 151. The van der Waals surface area contributed by atoms with E-state index in [1.807, 2.05) is 0 Å². The van der Waals surface area contributed by atoms with Crippen molar-refractivity contribution in [2.45, 2.75) is 0 Å². The summed E-state index contributed by atoms with van der Waals surface area (Å²) < 4.78 is 24.2. The van der Waals surface area contributed by atoms with Gasteiger partial charge in [-0.2, -0.15) is 0 Å². The molecular weight excluding hydrogens is 1400 g/mol. The van der Waals surface area contributed by atoms with Crippen molar-refractivity contribution in [3.8, 4) is 0 Å². The average molecular weight is 1450 g/mol. The fourth-order valence-corrected chi connectivity index (χ4v) is 1.31. The summed E-state index contributed by atoms with van der Waals surface area (Å²) in [6.07, 6.45) is 0. The molecule has 24 N–H and O–H groups in total. The maximum Gasteiger partial charge on any atom is 3.00 e. The molecule has 0 unspecified atom stereocenters. The molecule has 47 heteroatoms. The van der Waals surface area contributed by atoms with Gasteiger partial charge in [0.25, 0.3) is 0 Å². The Morgan fingerprint density at radius 3 is 0.254 bits per heavy atom. The number of carbonyl (C=O) groups is 12. The van der Waals surface area contributed by atoms with Crippen LogP contribution in [0.15, 0.2) is 0 Å². The van der Waals surface area contributed by atoms with Gasteiger partial charge in [-0.15, -0.1) is 0 Å². The number of rotatable bonds is 24. The number of ether oxygens (including phenoxy) is 6. The quantitative estimate of drug-likeness (QED) is 0.0810. The first-order valence-electron chi connectivity index (χ1n) is 12.6. The Balaban J connectivity index is -0.0000000177. The summed E-state index contributed by atoms with van der Waals surface area (Å²) in [5.41, 5.74) is 0. The largest absolute Gasteiger partial charge is 3.00 e. The van der Waals surface area contributed by atoms with Crippen molar-refractivity contribution in [3.05, 3.63) is 0 Å². The van der Waals surface area contributed by atoms with Gasteiger partial charge < -0.3 is 213 Å². The molecule has 0 aliphatic rings. The minimum Gasteiger partial charge on any atom is -0.548 e. The zero-order valence-electron chi connectivity index (χ0n) is 35.5. The second-order valence-electron chi connectivity index (χ2n) is 7.42. The number of carbonyl (C=O) groups excluding carboxylic acids is 12. The molecule has 0 aromatic rings. The molecule has 420 valence electrons. The third kappa shape index (κ3) is 252. The zero-order chi connectivity index (χ0) is 43.7. The summed E-state index contributed by atoms with van der Waals surface area (Å²) in [7, 11) is 0. The maximum atomic E-state index is 9.53. The van der Waals surface area contributed by atoms with Gasteiger partial charge in [0, 0.05) is 0 Å². The molecule has 0 atom stereocenters. The van der Waals surface area contributed by atoms with Gasteiger partial charge in [0.15, 0.2) is 0 Å². The first-order valence-corrected chi connectivity index (χ1v) is 12.6. The van der Waals surface area contributed by atoms with Crippen molar-refractivity contribution in [2.75, 3.05) is 79.3 Å². The van der Waals surface area contributed by atoms with Crippen molar-refractivity contribution < 1.29 is 290 Å². The molecule has 0 aromatic carbocycles. The van der Waals surface area contributed by atoms with E-state index in [-0.39, 0.29) is 256 Å². The predicted octanol–water partition coefficient (Wildman–Crippen LogP) is -32.0. The maximum absolute atomic E-state index is 9.53. The molecule has 0 amide bonds. The van der Waals surface area contributed by atoms with E-state index in [1.54, 1.807) is 0 Å². The van der Waals surface area contributed by atoms with Crippen molar-refractivity contribution >= 4 is 185 Å². The van der Waals surface area contributed by atoms with Crippen molar-refractivity contribution in [3.63, 3.8) is 0 Å². The molecule has 0 bridgehead atoms. The Labute approximate surface area is 546 Å². The summed E-state index contributed by atoms with van der Waals surface area (Å²) in [5.74, 6) is -17.4. The Hall–Kier alpha value is -0.729. The molecule has 0 rings (SSSR count). The van der Waals surface area contributed by atoms with Crippen molar-refractivity contribution in [1.29, 1.82) is 0 Å². The molecule has 0 spiro atoms. The van der Waals surface area contributed by atoms with E-state index in [0.29, 0.717) is 0 Å². The smallest absolute Gasteiger partial charge is 0.548 e. The van der Waals surface area contributed by atoms with E-state index in [9.17, 15) is 119 Å². The number of hydrogen-bond donors (Lipinski definition) is 0. The van der Waals surface area contributed by atoms with E-state index in [2.05, 4.69) is 28.4 Å². The van der Waals surface area contributed by atoms with Gasteiger partial charge in [-0.3, -0.25) is 0 Å². The standard InChI is InChI=1S/6C4H6O5.3Ca.12H2O.2Tb/c6*5-3(6)1-9-2-4(7)8;;;;;;;;;;;;;;;;;/h6*1-2H2,(H,5,6)(H,7,8);;;;12*1H2;;/q;;;;;;3*+2;;;;;;;;;;;;;2*+3/p-12. The van der Waals surface area contributed by atoms with Gasteiger partial charge in [-0.25, -0.2) is 0 Å². The molecule has 0 aliphatic heterocycles. The molecule has 0 saturated heterocycles. The van der Waals surface area contributed by atoms with Crippen LogP contribution >= 0.6 is 0 Å². The molecular formula is C24H48Ca3O42Tb2. The summed E-state index contributed by atoms with van der Waals surface area (Å²) >= 11 is 0. The van der Waals surface area contributed by atoms with Crippen molar-refractivity contribution in [1.82, 2.24) is 0 Å². The molecule has 0 aliphatic carbocycles. The van der Waals surface area contributed by atoms with Crippen LogP contribution in [0.3, 0.4) is 0 Å². The van der Waals surface area contributed by atoms with Crippen LogP contribution in [0.1, 0.15) is 0 Å². The summed E-state index contributed by atoms with van der Waals surface area (Å²) in [5, 5.41) is 114. The predicted molar refractivity (Wildman–Crippen MR) is 186 cm³/mol. The summed E-state index contributed by atoms with van der Waals surface area (Å²) in [4.78, 5) is 114. The third-order valence-electron chi connectivity index (χ3n) is 2.64. The van der Waals surface area contributed by atoms with Gasteiger partial charge in [0.05, 0.1) is 151 Å². The fourth-order valence-electron chi connectivity index (χ4n) is 1.31. The van der Waals surface area contributed by atoms with Crippen molar-refractivity contribution in [2.24, 2.45) is 0 Å². The van der Waals surface area contributed by atoms with Gasteiger partial charge in [0.2, 0.25) is 0 Å².